The molecular weight excluding hydrogens is 272 g/mol. The Morgan fingerprint density at radius 3 is 2.94 bits per heavy atom. The van der Waals surface area contributed by atoms with Crippen LogP contribution in [0.2, 0.25) is 0 Å². The Balaban J connectivity index is 2.44. The lowest BCUT2D eigenvalue weighted by Gasteiger charge is -2.10. The number of hydrogen-bond acceptors (Lipinski definition) is 5. The van der Waals surface area contributed by atoms with Crippen LogP contribution in [0.3, 0.4) is 0 Å². The molecule has 0 aromatic carbocycles. The Morgan fingerprint density at radius 2 is 2.28 bits per heavy atom. The van der Waals surface area contributed by atoms with Gasteiger partial charge in [0.2, 0.25) is 0 Å². The first-order chi connectivity index (χ1) is 8.69. The molecule has 1 heterocycles. The van der Waals surface area contributed by atoms with Gasteiger partial charge in [0.05, 0.1) is 12.8 Å². The second kappa shape index (κ2) is 8.02. The lowest BCUT2D eigenvalue weighted by molar-refractivity contribution is 0.0607. The van der Waals surface area contributed by atoms with E-state index in [9.17, 15) is 4.79 Å². The zero-order chi connectivity index (χ0) is 13.4. The van der Waals surface area contributed by atoms with E-state index >= 15 is 0 Å². The van der Waals surface area contributed by atoms with E-state index in [0.29, 0.717) is 22.3 Å². The molecule has 2 N–H and O–H groups in total. The molecule has 0 fully saturated rings. The molecule has 0 aliphatic rings. The summed E-state index contributed by atoms with van der Waals surface area (Å²) >= 11 is 6.44. The molecule has 18 heavy (non-hydrogen) atoms. The number of hydrogen-bond donors (Lipinski definition) is 2. The molecule has 0 atom stereocenters. The molecule has 100 valence electrons. The zero-order valence-corrected chi connectivity index (χ0v) is 12.0. The number of thiocarbonyl (C=S) groups is 1. The number of carbonyl (C=O) groups excluding carboxylic acids is 1. The molecule has 0 aliphatic heterocycles. The maximum Gasteiger partial charge on any atom is 0.350 e. The fraction of sp³-hybridized carbons (Fsp3) is 0.455. The third-order valence-electron chi connectivity index (χ3n) is 2.10. The van der Waals surface area contributed by atoms with Gasteiger partial charge in [0.1, 0.15) is 4.88 Å². The molecule has 0 aliphatic carbocycles. The number of esters is 1. The molecule has 1 aromatic rings. The zero-order valence-electron chi connectivity index (χ0n) is 10.3. The van der Waals surface area contributed by atoms with E-state index in [1.165, 1.54) is 18.4 Å². The summed E-state index contributed by atoms with van der Waals surface area (Å²) in [5.41, 5.74) is 0.663. The molecule has 0 saturated carbocycles. The minimum atomic E-state index is -0.366. The number of anilines is 1. The Labute approximate surface area is 115 Å². The Kier molecular flexibility index (Phi) is 6.63. The highest BCUT2D eigenvalue weighted by atomic mass is 32.1. The second-order valence-electron chi connectivity index (χ2n) is 3.38. The third kappa shape index (κ3) is 4.59. The van der Waals surface area contributed by atoms with Crippen LogP contribution in [0.25, 0.3) is 0 Å². The van der Waals surface area contributed by atoms with Crippen molar-refractivity contribution < 1.29 is 14.3 Å². The van der Waals surface area contributed by atoms with E-state index in [4.69, 9.17) is 17.0 Å². The Bertz CT molecular complexity index is 407. The van der Waals surface area contributed by atoms with Gasteiger partial charge in [-0.15, -0.1) is 11.3 Å². The number of rotatable bonds is 6. The number of ether oxygens (including phenoxy) is 2. The van der Waals surface area contributed by atoms with Gasteiger partial charge in [0.25, 0.3) is 0 Å². The van der Waals surface area contributed by atoms with Crippen LogP contribution in [0.15, 0.2) is 11.4 Å². The monoisotopic (exact) mass is 288 g/mol. The lowest BCUT2D eigenvalue weighted by Crippen LogP contribution is -2.30. The first kappa shape index (κ1) is 14.9. The average Bonchev–Trinajstić information content (AvgIpc) is 2.82. The van der Waals surface area contributed by atoms with E-state index in [1.54, 1.807) is 13.2 Å². The smallest absolute Gasteiger partial charge is 0.350 e. The van der Waals surface area contributed by atoms with Crippen molar-refractivity contribution in [1.82, 2.24) is 5.32 Å². The van der Waals surface area contributed by atoms with Gasteiger partial charge in [0, 0.05) is 20.3 Å². The molecule has 1 aromatic heterocycles. The van der Waals surface area contributed by atoms with Gasteiger partial charge < -0.3 is 20.1 Å². The first-order valence-electron chi connectivity index (χ1n) is 5.38. The first-order valence-corrected chi connectivity index (χ1v) is 6.67. The van der Waals surface area contributed by atoms with Crippen molar-refractivity contribution in [2.24, 2.45) is 0 Å². The van der Waals surface area contributed by atoms with Crippen molar-refractivity contribution in [3.8, 4) is 0 Å². The summed E-state index contributed by atoms with van der Waals surface area (Å²) in [7, 11) is 3.01. The number of nitrogens with one attached hydrogen (secondary N) is 2. The van der Waals surface area contributed by atoms with E-state index < -0.39 is 0 Å². The largest absolute Gasteiger partial charge is 0.465 e. The molecule has 5 nitrogen and oxygen atoms in total. The van der Waals surface area contributed by atoms with Crippen LogP contribution in [-0.2, 0) is 9.47 Å². The Morgan fingerprint density at radius 1 is 1.50 bits per heavy atom. The fourth-order valence-corrected chi connectivity index (χ4v) is 2.22. The van der Waals surface area contributed by atoms with Gasteiger partial charge >= 0.3 is 5.97 Å². The highest BCUT2D eigenvalue weighted by molar-refractivity contribution is 7.80. The van der Waals surface area contributed by atoms with Gasteiger partial charge in [0.15, 0.2) is 5.11 Å². The van der Waals surface area contributed by atoms with Crippen molar-refractivity contribution in [2.75, 3.05) is 32.7 Å². The lowest BCUT2D eigenvalue weighted by atomic mass is 10.4. The van der Waals surface area contributed by atoms with Crippen molar-refractivity contribution in [3.63, 3.8) is 0 Å². The minimum absolute atomic E-state index is 0.366. The number of methoxy groups -OCH3 is 2. The van der Waals surface area contributed by atoms with Crippen molar-refractivity contribution >= 4 is 40.3 Å². The topological polar surface area (TPSA) is 59.6 Å². The summed E-state index contributed by atoms with van der Waals surface area (Å²) in [6.45, 7) is 1.40. The quantitative estimate of drug-likeness (QED) is 0.473. The van der Waals surface area contributed by atoms with Crippen molar-refractivity contribution in [1.29, 1.82) is 0 Å². The van der Waals surface area contributed by atoms with Crippen LogP contribution in [-0.4, -0.2) is 38.5 Å². The van der Waals surface area contributed by atoms with E-state index in [2.05, 4.69) is 15.4 Å². The fourth-order valence-electron chi connectivity index (χ4n) is 1.24. The van der Waals surface area contributed by atoms with Crippen LogP contribution in [0.5, 0.6) is 0 Å². The van der Waals surface area contributed by atoms with Crippen LogP contribution < -0.4 is 10.6 Å². The molecule has 1 rings (SSSR count). The summed E-state index contributed by atoms with van der Waals surface area (Å²) in [6.07, 6.45) is 0.867. The van der Waals surface area contributed by atoms with Crippen molar-refractivity contribution in [2.45, 2.75) is 6.42 Å². The van der Waals surface area contributed by atoms with Crippen LogP contribution in [0.1, 0.15) is 16.1 Å². The summed E-state index contributed by atoms with van der Waals surface area (Å²) in [6, 6.07) is 1.79. The molecular formula is C11H16N2O3S2. The maximum atomic E-state index is 11.4. The van der Waals surface area contributed by atoms with Crippen molar-refractivity contribution in [3.05, 3.63) is 16.3 Å². The SMILES string of the molecule is COCCCNC(=S)Nc1ccsc1C(=O)OC. The van der Waals surface area contributed by atoms with Gasteiger partial charge in [-0.25, -0.2) is 4.79 Å². The highest BCUT2D eigenvalue weighted by Crippen LogP contribution is 2.22. The standard InChI is InChI=1S/C11H16N2O3S2/c1-15-6-3-5-12-11(17)13-8-4-7-18-9(8)10(14)16-2/h4,7H,3,5-6H2,1-2H3,(H2,12,13,17). The molecule has 0 bridgehead atoms. The Hall–Kier alpha value is -1.18. The van der Waals surface area contributed by atoms with Crippen LogP contribution in [0.4, 0.5) is 5.69 Å². The predicted molar refractivity (Wildman–Crippen MR) is 76.4 cm³/mol. The molecule has 0 saturated heterocycles. The average molecular weight is 288 g/mol. The molecule has 7 heteroatoms. The van der Waals surface area contributed by atoms with Gasteiger partial charge in [-0.05, 0) is 30.1 Å². The predicted octanol–water partition coefficient (Wildman–Crippen LogP) is 1.86. The van der Waals surface area contributed by atoms with E-state index in [1.807, 2.05) is 5.38 Å². The van der Waals surface area contributed by atoms with Crippen LogP contribution >= 0.6 is 23.6 Å². The number of thiophene rings is 1. The summed E-state index contributed by atoms with van der Waals surface area (Å²) in [4.78, 5) is 12.0. The molecule has 0 radical (unpaired) electrons. The summed E-state index contributed by atoms with van der Waals surface area (Å²) in [5, 5.41) is 8.29. The highest BCUT2D eigenvalue weighted by Gasteiger charge is 2.13. The number of carbonyl (C=O) groups is 1. The second-order valence-corrected chi connectivity index (χ2v) is 4.71. The summed E-state index contributed by atoms with van der Waals surface area (Å²) < 4.78 is 9.61. The van der Waals surface area contributed by atoms with E-state index in [0.717, 1.165) is 13.0 Å². The van der Waals surface area contributed by atoms with E-state index in [-0.39, 0.29) is 5.97 Å². The van der Waals surface area contributed by atoms with Crippen LogP contribution in [0, 0.1) is 0 Å². The van der Waals surface area contributed by atoms with Gasteiger partial charge in [-0.2, -0.15) is 0 Å². The van der Waals surface area contributed by atoms with Gasteiger partial charge in [-0.3, -0.25) is 0 Å². The molecule has 0 amide bonds. The van der Waals surface area contributed by atoms with Gasteiger partial charge in [-0.1, -0.05) is 0 Å². The molecule has 0 spiro atoms. The minimum Gasteiger partial charge on any atom is -0.465 e. The normalized spacial score (nSPS) is 9.89. The summed E-state index contributed by atoms with van der Waals surface area (Å²) in [5.74, 6) is -0.366. The maximum absolute atomic E-state index is 11.4. The molecule has 0 unspecified atom stereocenters. The third-order valence-corrected chi connectivity index (χ3v) is 3.24.